The lowest BCUT2D eigenvalue weighted by Crippen LogP contribution is -2.31. The molecule has 16 heavy (non-hydrogen) atoms. The number of carbonyl (C=O) groups is 1. The third-order valence-electron chi connectivity index (χ3n) is 2.34. The van der Waals surface area contributed by atoms with Crippen LogP contribution in [0, 0.1) is 13.8 Å². The van der Waals surface area contributed by atoms with Crippen LogP contribution in [0.25, 0.3) is 0 Å². The molecule has 2 nitrogen and oxygen atoms in total. The highest BCUT2D eigenvalue weighted by atomic mass is 35.5. The standard InChI is InChI=1S/C13H18ClNO/c1-9-5-10(2)7-12(6-9)13(16)15(4)8-11(3)14/h5-7,11H,8H2,1-4H3. The van der Waals surface area contributed by atoms with E-state index in [1.54, 1.807) is 11.9 Å². The maximum absolute atomic E-state index is 12.1. The van der Waals surface area contributed by atoms with E-state index in [4.69, 9.17) is 11.6 Å². The zero-order valence-electron chi connectivity index (χ0n) is 10.2. The second-order valence-corrected chi connectivity index (χ2v) is 5.09. The van der Waals surface area contributed by atoms with Crippen LogP contribution in [0.5, 0.6) is 0 Å². The molecule has 3 heteroatoms. The topological polar surface area (TPSA) is 20.3 Å². The van der Waals surface area contributed by atoms with Crippen LogP contribution >= 0.6 is 11.6 Å². The van der Waals surface area contributed by atoms with Gasteiger partial charge in [-0.2, -0.15) is 0 Å². The molecule has 1 unspecified atom stereocenters. The number of rotatable bonds is 3. The summed E-state index contributed by atoms with van der Waals surface area (Å²) in [4.78, 5) is 13.7. The van der Waals surface area contributed by atoms with Gasteiger partial charge in [0.25, 0.3) is 5.91 Å². The number of hydrogen-bond acceptors (Lipinski definition) is 1. The van der Waals surface area contributed by atoms with Gasteiger partial charge in [-0.1, -0.05) is 17.2 Å². The van der Waals surface area contributed by atoms with Crippen LogP contribution < -0.4 is 0 Å². The van der Waals surface area contributed by atoms with E-state index in [2.05, 4.69) is 6.07 Å². The van der Waals surface area contributed by atoms with Crippen LogP contribution in [-0.4, -0.2) is 29.8 Å². The molecule has 0 N–H and O–H groups in total. The Morgan fingerprint density at radius 1 is 1.31 bits per heavy atom. The lowest BCUT2D eigenvalue weighted by molar-refractivity contribution is 0.0796. The van der Waals surface area contributed by atoms with Crippen molar-refractivity contribution in [3.05, 3.63) is 34.9 Å². The number of carbonyl (C=O) groups excluding carboxylic acids is 1. The van der Waals surface area contributed by atoms with Gasteiger partial charge in [0.1, 0.15) is 0 Å². The van der Waals surface area contributed by atoms with E-state index in [1.807, 2.05) is 32.9 Å². The molecule has 0 fully saturated rings. The Balaban J connectivity index is 2.87. The fourth-order valence-electron chi connectivity index (χ4n) is 1.78. The van der Waals surface area contributed by atoms with Gasteiger partial charge >= 0.3 is 0 Å². The molecule has 0 spiro atoms. The molecule has 0 radical (unpaired) electrons. The van der Waals surface area contributed by atoms with Gasteiger partial charge in [-0.05, 0) is 32.9 Å². The maximum atomic E-state index is 12.1. The smallest absolute Gasteiger partial charge is 0.253 e. The van der Waals surface area contributed by atoms with Gasteiger partial charge in [0.15, 0.2) is 0 Å². The van der Waals surface area contributed by atoms with E-state index in [-0.39, 0.29) is 11.3 Å². The summed E-state index contributed by atoms with van der Waals surface area (Å²) in [5.41, 5.74) is 2.95. The number of alkyl halides is 1. The van der Waals surface area contributed by atoms with Crippen molar-refractivity contribution in [2.45, 2.75) is 26.1 Å². The van der Waals surface area contributed by atoms with Crippen LogP contribution in [0.15, 0.2) is 18.2 Å². The van der Waals surface area contributed by atoms with Crippen molar-refractivity contribution in [1.29, 1.82) is 0 Å². The molecule has 0 aromatic heterocycles. The van der Waals surface area contributed by atoms with Crippen molar-refractivity contribution in [3.63, 3.8) is 0 Å². The average molecular weight is 240 g/mol. The second kappa shape index (κ2) is 5.35. The normalized spacial score (nSPS) is 12.3. The Morgan fingerprint density at radius 3 is 2.25 bits per heavy atom. The molecule has 0 heterocycles. The van der Waals surface area contributed by atoms with Crippen molar-refractivity contribution in [2.75, 3.05) is 13.6 Å². The first-order valence-corrected chi connectivity index (χ1v) is 5.81. The minimum Gasteiger partial charge on any atom is -0.340 e. The van der Waals surface area contributed by atoms with Gasteiger partial charge in [-0.3, -0.25) is 4.79 Å². The van der Waals surface area contributed by atoms with E-state index < -0.39 is 0 Å². The highest BCUT2D eigenvalue weighted by Gasteiger charge is 2.13. The summed E-state index contributed by atoms with van der Waals surface area (Å²) in [7, 11) is 1.78. The Morgan fingerprint density at radius 2 is 1.81 bits per heavy atom. The number of aryl methyl sites for hydroxylation is 2. The van der Waals surface area contributed by atoms with Crippen molar-refractivity contribution in [2.24, 2.45) is 0 Å². The first-order valence-electron chi connectivity index (χ1n) is 5.38. The van der Waals surface area contributed by atoms with E-state index in [9.17, 15) is 4.79 Å². The molecule has 1 aromatic rings. The molecule has 88 valence electrons. The predicted octanol–water partition coefficient (Wildman–Crippen LogP) is 3.00. The van der Waals surface area contributed by atoms with E-state index in [0.717, 1.165) is 16.7 Å². The summed E-state index contributed by atoms with van der Waals surface area (Å²) < 4.78 is 0. The van der Waals surface area contributed by atoms with E-state index in [0.29, 0.717) is 6.54 Å². The number of benzene rings is 1. The molecule has 1 rings (SSSR count). The monoisotopic (exact) mass is 239 g/mol. The summed E-state index contributed by atoms with van der Waals surface area (Å²) in [6, 6.07) is 5.87. The van der Waals surface area contributed by atoms with Gasteiger partial charge in [0.2, 0.25) is 0 Å². The molecule has 0 aliphatic rings. The predicted molar refractivity (Wildman–Crippen MR) is 68.2 cm³/mol. The van der Waals surface area contributed by atoms with Gasteiger partial charge in [0, 0.05) is 24.5 Å². The first-order chi connectivity index (χ1) is 7.40. The highest BCUT2D eigenvalue weighted by molar-refractivity contribution is 6.20. The van der Waals surface area contributed by atoms with Crippen molar-refractivity contribution in [3.8, 4) is 0 Å². The van der Waals surface area contributed by atoms with E-state index in [1.165, 1.54) is 0 Å². The number of nitrogens with zero attached hydrogens (tertiary/aromatic N) is 1. The highest BCUT2D eigenvalue weighted by Crippen LogP contribution is 2.11. The van der Waals surface area contributed by atoms with Crippen LogP contribution in [0.2, 0.25) is 0 Å². The molecule has 0 aliphatic carbocycles. The lowest BCUT2D eigenvalue weighted by Gasteiger charge is -2.19. The fraction of sp³-hybridized carbons (Fsp3) is 0.462. The minimum absolute atomic E-state index is 0.0271. The van der Waals surface area contributed by atoms with Gasteiger partial charge in [0.05, 0.1) is 0 Å². The molecule has 1 amide bonds. The Hall–Kier alpha value is -1.02. The van der Waals surface area contributed by atoms with Gasteiger partial charge in [-0.25, -0.2) is 0 Å². The molecule has 0 bridgehead atoms. The molecule has 1 aromatic carbocycles. The molecule has 0 saturated heterocycles. The SMILES string of the molecule is Cc1cc(C)cc(C(=O)N(C)CC(C)Cl)c1. The quantitative estimate of drug-likeness (QED) is 0.743. The van der Waals surface area contributed by atoms with Crippen molar-refractivity contribution >= 4 is 17.5 Å². The number of halogens is 1. The molecule has 0 aliphatic heterocycles. The largest absolute Gasteiger partial charge is 0.340 e. The second-order valence-electron chi connectivity index (χ2n) is 4.34. The van der Waals surface area contributed by atoms with Crippen LogP contribution in [0.4, 0.5) is 0 Å². The number of hydrogen-bond donors (Lipinski definition) is 0. The average Bonchev–Trinajstić information content (AvgIpc) is 2.13. The molecular weight excluding hydrogens is 222 g/mol. The first kappa shape index (κ1) is 13.0. The lowest BCUT2D eigenvalue weighted by atomic mass is 10.1. The Bertz CT molecular complexity index is 367. The minimum atomic E-state index is -0.0279. The molecule has 1 atom stereocenters. The molecule has 0 saturated carbocycles. The maximum Gasteiger partial charge on any atom is 0.253 e. The zero-order chi connectivity index (χ0) is 12.3. The van der Waals surface area contributed by atoms with E-state index >= 15 is 0 Å². The third kappa shape index (κ3) is 3.53. The van der Waals surface area contributed by atoms with Crippen LogP contribution in [-0.2, 0) is 0 Å². The van der Waals surface area contributed by atoms with Crippen molar-refractivity contribution < 1.29 is 4.79 Å². The third-order valence-corrected chi connectivity index (χ3v) is 2.48. The summed E-state index contributed by atoms with van der Waals surface area (Å²) in [5, 5.41) is -0.0279. The van der Waals surface area contributed by atoms with Crippen molar-refractivity contribution in [1.82, 2.24) is 4.90 Å². The Labute approximate surface area is 102 Å². The number of amides is 1. The Kier molecular flexibility index (Phi) is 4.36. The summed E-state index contributed by atoms with van der Waals surface area (Å²) in [6.45, 7) is 6.43. The van der Waals surface area contributed by atoms with Crippen LogP contribution in [0.3, 0.4) is 0 Å². The fourth-order valence-corrected chi connectivity index (χ4v) is 1.99. The van der Waals surface area contributed by atoms with Crippen LogP contribution in [0.1, 0.15) is 28.4 Å². The summed E-state index contributed by atoms with van der Waals surface area (Å²) in [6.07, 6.45) is 0. The summed E-state index contributed by atoms with van der Waals surface area (Å²) in [5.74, 6) is 0.0271. The van der Waals surface area contributed by atoms with Gasteiger partial charge in [-0.15, -0.1) is 11.6 Å². The molecular formula is C13H18ClNO. The van der Waals surface area contributed by atoms with Gasteiger partial charge < -0.3 is 4.90 Å². The summed E-state index contributed by atoms with van der Waals surface area (Å²) >= 11 is 5.87. The zero-order valence-corrected chi connectivity index (χ0v) is 11.0.